The molecule has 1 aliphatic rings. The molecule has 5 rings (SSSR count). The zero-order valence-corrected chi connectivity index (χ0v) is 21.8. The first-order chi connectivity index (χ1) is 17.2. The van der Waals surface area contributed by atoms with Gasteiger partial charge in [-0.05, 0) is 49.6 Å². The number of nitrogens with one attached hydrogen (secondary N) is 2. The first kappa shape index (κ1) is 24.7. The van der Waals surface area contributed by atoms with Gasteiger partial charge in [0.05, 0.1) is 38.9 Å². The summed E-state index contributed by atoms with van der Waals surface area (Å²) in [6, 6.07) is 8.15. The molecular formula is C24H24Cl2N6O3S. The second-order valence-corrected chi connectivity index (χ2v) is 12.1. The third kappa shape index (κ3) is 5.25. The summed E-state index contributed by atoms with van der Waals surface area (Å²) in [4.78, 5) is 31.4. The smallest absolute Gasteiger partial charge is 0.255 e. The number of halogens is 2. The molecule has 0 saturated carbocycles. The molecule has 1 aliphatic heterocycles. The summed E-state index contributed by atoms with van der Waals surface area (Å²) in [7, 11) is -3.23. The molecule has 0 radical (unpaired) electrons. The lowest BCUT2D eigenvalue weighted by Crippen LogP contribution is -2.27. The minimum absolute atomic E-state index is 0.0548. The molecule has 9 nitrogen and oxygen atoms in total. The summed E-state index contributed by atoms with van der Waals surface area (Å²) in [6.07, 6.45) is 4.80. The van der Waals surface area contributed by atoms with Crippen LogP contribution >= 0.6 is 23.2 Å². The third-order valence-corrected chi connectivity index (χ3v) is 7.75. The molecule has 1 amide bonds. The first-order valence-electron chi connectivity index (χ1n) is 11.5. The fourth-order valence-corrected chi connectivity index (χ4v) is 5.47. The van der Waals surface area contributed by atoms with Crippen LogP contribution in [-0.4, -0.2) is 64.3 Å². The van der Waals surface area contributed by atoms with E-state index in [1.165, 1.54) is 12.6 Å². The Bertz CT molecular complexity index is 1570. The van der Waals surface area contributed by atoms with Crippen LogP contribution in [0.4, 0.5) is 5.82 Å². The summed E-state index contributed by atoms with van der Waals surface area (Å²) in [5, 5.41) is 4.81. The van der Waals surface area contributed by atoms with Crippen molar-refractivity contribution in [2.24, 2.45) is 0 Å². The number of amides is 1. The van der Waals surface area contributed by atoms with Crippen LogP contribution in [0, 0.1) is 0 Å². The van der Waals surface area contributed by atoms with Crippen molar-refractivity contribution in [2.75, 3.05) is 30.4 Å². The van der Waals surface area contributed by atoms with E-state index in [-0.39, 0.29) is 18.1 Å². The lowest BCUT2D eigenvalue weighted by molar-refractivity contribution is 0.0793. The first-order valence-corrected chi connectivity index (χ1v) is 14.3. The van der Waals surface area contributed by atoms with Gasteiger partial charge in [-0.3, -0.25) is 4.79 Å². The molecular weight excluding hydrogens is 523 g/mol. The summed E-state index contributed by atoms with van der Waals surface area (Å²) in [5.41, 5.74) is 2.40. The van der Waals surface area contributed by atoms with Crippen LogP contribution in [0.2, 0.25) is 10.0 Å². The van der Waals surface area contributed by atoms with Gasteiger partial charge in [-0.1, -0.05) is 23.2 Å². The predicted molar refractivity (Wildman–Crippen MR) is 141 cm³/mol. The van der Waals surface area contributed by atoms with E-state index in [0.717, 1.165) is 18.4 Å². The van der Waals surface area contributed by atoms with Crippen molar-refractivity contribution < 1.29 is 13.2 Å². The normalized spacial score (nSPS) is 15.0. The number of fused-ring (bicyclic) bond motifs is 2. The van der Waals surface area contributed by atoms with E-state index >= 15 is 0 Å². The maximum absolute atomic E-state index is 13.0. The molecule has 1 saturated heterocycles. The molecule has 1 atom stereocenters. The van der Waals surface area contributed by atoms with Crippen molar-refractivity contribution >= 4 is 66.7 Å². The van der Waals surface area contributed by atoms with Crippen molar-refractivity contribution in [2.45, 2.75) is 25.3 Å². The Morgan fingerprint density at radius 1 is 1.14 bits per heavy atom. The Kier molecular flexibility index (Phi) is 6.76. The largest absolute Gasteiger partial charge is 0.359 e. The number of aromatic nitrogens is 4. The highest BCUT2D eigenvalue weighted by Gasteiger charge is 2.24. The number of benzene rings is 2. The van der Waals surface area contributed by atoms with Gasteiger partial charge in [0.2, 0.25) is 0 Å². The zero-order chi connectivity index (χ0) is 25.4. The molecule has 0 bridgehead atoms. The summed E-state index contributed by atoms with van der Waals surface area (Å²) in [5.74, 6) is 0.842. The highest BCUT2D eigenvalue weighted by molar-refractivity contribution is 7.90. The van der Waals surface area contributed by atoms with Crippen molar-refractivity contribution in [1.82, 2.24) is 24.8 Å². The molecule has 2 aromatic heterocycles. The van der Waals surface area contributed by atoms with Crippen molar-refractivity contribution in [3.8, 4) is 0 Å². The highest BCUT2D eigenvalue weighted by atomic mass is 35.5. The number of carbonyl (C=O) groups excluding carboxylic acids is 1. The van der Waals surface area contributed by atoms with E-state index in [1.54, 1.807) is 35.2 Å². The molecule has 2 N–H and O–H groups in total. The van der Waals surface area contributed by atoms with Crippen LogP contribution < -0.4 is 5.32 Å². The maximum atomic E-state index is 13.0. The Labute approximate surface area is 218 Å². The van der Waals surface area contributed by atoms with E-state index in [4.69, 9.17) is 23.2 Å². The quantitative estimate of drug-likeness (QED) is 0.346. The summed E-state index contributed by atoms with van der Waals surface area (Å²) in [6.45, 7) is 1.43. The predicted octanol–water partition coefficient (Wildman–Crippen LogP) is 4.64. The second kappa shape index (κ2) is 9.84. The van der Waals surface area contributed by atoms with Crippen LogP contribution in [-0.2, 0) is 9.84 Å². The summed E-state index contributed by atoms with van der Waals surface area (Å²) >= 11 is 12.7. The second-order valence-electron chi connectivity index (χ2n) is 8.97. The number of aromatic amines is 1. The number of sulfone groups is 1. The molecule has 0 aliphatic carbocycles. The number of imidazole rings is 1. The number of anilines is 1. The Hall–Kier alpha value is -2.95. The van der Waals surface area contributed by atoms with Crippen molar-refractivity contribution in [3.63, 3.8) is 0 Å². The van der Waals surface area contributed by atoms with Crippen LogP contribution in [0.15, 0.2) is 36.7 Å². The van der Waals surface area contributed by atoms with Gasteiger partial charge in [0.1, 0.15) is 27.8 Å². The molecule has 0 unspecified atom stereocenters. The van der Waals surface area contributed by atoms with Crippen LogP contribution in [0.5, 0.6) is 0 Å². The number of nitrogens with zero attached hydrogens (tertiary/aromatic N) is 4. The number of rotatable bonds is 7. The highest BCUT2D eigenvalue weighted by Crippen LogP contribution is 2.31. The number of hydrogen-bond acceptors (Lipinski definition) is 7. The van der Waals surface area contributed by atoms with Gasteiger partial charge in [-0.25, -0.2) is 23.4 Å². The number of H-pyrrole nitrogens is 1. The van der Waals surface area contributed by atoms with Gasteiger partial charge in [-0.2, -0.15) is 0 Å². The average Bonchev–Trinajstić information content (AvgIpc) is 3.50. The van der Waals surface area contributed by atoms with Gasteiger partial charge in [0.25, 0.3) is 5.91 Å². The standard InChI is InChI=1S/C24H24Cl2N6O3S/c1-36(34,35)9-6-19(23-29-18-5-4-14(25)10-21(18)31-23)30-22-16-11-17(26)15(12-20(16)27-13-28-22)24(33)32-7-2-3-8-32/h4-5,10-13,19H,2-3,6-9H2,1H3,(H,29,31)(H,27,28,30)/t19-/m0/s1. The molecule has 1 fully saturated rings. The molecule has 3 heterocycles. The van der Waals surface area contributed by atoms with Gasteiger partial charge < -0.3 is 15.2 Å². The fraction of sp³-hybridized carbons (Fsp3) is 0.333. The lowest BCUT2D eigenvalue weighted by atomic mass is 10.1. The molecule has 4 aromatic rings. The topological polar surface area (TPSA) is 121 Å². The van der Waals surface area contributed by atoms with Crippen LogP contribution in [0.1, 0.15) is 41.5 Å². The number of hydrogen-bond donors (Lipinski definition) is 2. The van der Waals surface area contributed by atoms with Crippen LogP contribution in [0.25, 0.3) is 21.9 Å². The van der Waals surface area contributed by atoms with Crippen molar-refractivity contribution in [1.29, 1.82) is 0 Å². The minimum atomic E-state index is -3.23. The Balaban J connectivity index is 1.51. The Morgan fingerprint density at radius 2 is 1.92 bits per heavy atom. The Morgan fingerprint density at radius 3 is 2.67 bits per heavy atom. The van der Waals surface area contributed by atoms with E-state index in [2.05, 4.69) is 25.3 Å². The van der Waals surface area contributed by atoms with Gasteiger partial charge in [0, 0.05) is 29.8 Å². The molecule has 36 heavy (non-hydrogen) atoms. The number of likely N-dealkylation sites (tertiary alicyclic amines) is 1. The van der Waals surface area contributed by atoms with E-state index in [1.807, 2.05) is 0 Å². The maximum Gasteiger partial charge on any atom is 0.255 e. The SMILES string of the molecule is CS(=O)(=O)CC[C@H](Nc1ncnc2cc(C(=O)N3CCCC3)c(Cl)cc12)c1nc2ccc(Cl)cc2[nH]1. The molecule has 2 aromatic carbocycles. The van der Waals surface area contributed by atoms with Gasteiger partial charge in [0.15, 0.2) is 0 Å². The third-order valence-electron chi connectivity index (χ3n) is 6.23. The fourth-order valence-electron chi connectivity index (χ4n) is 4.39. The lowest BCUT2D eigenvalue weighted by Gasteiger charge is -2.19. The molecule has 188 valence electrons. The minimum Gasteiger partial charge on any atom is -0.359 e. The van der Waals surface area contributed by atoms with E-state index < -0.39 is 15.9 Å². The van der Waals surface area contributed by atoms with Gasteiger partial charge >= 0.3 is 0 Å². The molecule has 0 spiro atoms. The van der Waals surface area contributed by atoms with Crippen molar-refractivity contribution in [3.05, 3.63) is 58.1 Å². The number of carbonyl (C=O) groups is 1. The zero-order valence-electron chi connectivity index (χ0n) is 19.5. The average molecular weight is 547 g/mol. The monoisotopic (exact) mass is 546 g/mol. The molecule has 12 heteroatoms. The van der Waals surface area contributed by atoms with Crippen LogP contribution in [0.3, 0.4) is 0 Å². The summed E-state index contributed by atoms with van der Waals surface area (Å²) < 4.78 is 23.9. The van der Waals surface area contributed by atoms with E-state index in [0.29, 0.717) is 56.8 Å². The van der Waals surface area contributed by atoms with Gasteiger partial charge in [-0.15, -0.1) is 0 Å². The van der Waals surface area contributed by atoms with E-state index in [9.17, 15) is 13.2 Å².